The van der Waals surface area contributed by atoms with E-state index in [0.29, 0.717) is 50.1 Å². The van der Waals surface area contributed by atoms with Gasteiger partial charge < -0.3 is 19.3 Å². The first-order valence-corrected chi connectivity index (χ1v) is 10.1. The SMILES string of the molecule is COc1ccc(CC(=O)N2CCN(C(=Nc3ccccc3C)NC#N)CC2)cc1OC. The number of nitrogens with one attached hydrogen (secondary N) is 1. The predicted octanol–water partition coefficient (Wildman–Crippen LogP) is 2.46. The Balaban J connectivity index is 1.63. The quantitative estimate of drug-likeness (QED) is 0.345. The van der Waals surface area contributed by atoms with E-state index < -0.39 is 0 Å². The topological polar surface area (TPSA) is 90.2 Å². The van der Waals surface area contributed by atoms with Gasteiger partial charge in [-0.25, -0.2) is 4.99 Å². The van der Waals surface area contributed by atoms with Crippen molar-refractivity contribution in [1.29, 1.82) is 5.26 Å². The van der Waals surface area contributed by atoms with Crippen molar-refractivity contribution < 1.29 is 14.3 Å². The van der Waals surface area contributed by atoms with Crippen LogP contribution < -0.4 is 14.8 Å². The Kier molecular flexibility index (Phi) is 7.33. The van der Waals surface area contributed by atoms with Gasteiger partial charge >= 0.3 is 0 Å². The second-order valence-electron chi connectivity index (χ2n) is 7.19. The number of nitrogens with zero attached hydrogens (tertiary/aromatic N) is 4. The zero-order valence-electron chi connectivity index (χ0n) is 18.1. The van der Waals surface area contributed by atoms with Gasteiger partial charge in [0.15, 0.2) is 17.7 Å². The maximum absolute atomic E-state index is 12.8. The summed E-state index contributed by atoms with van der Waals surface area (Å²) in [6, 6.07) is 13.3. The minimum Gasteiger partial charge on any atom is -0.493 e. The number of guanidine groups is 1. The molecular weight excluding hydrogens is 394 g/mol. The fourth-order valence-electron chi connectivity index (χ4n) is 3.48. The Hall–Kier alpha value is -3.73. The highest BCUT2D eigenvalue weighted by atomic mass is 16.5. The maximum atomic E-state index is 12.8. The van der Waals surface area contributed by atoms with Gasteiger partial charge in [-0.05, 0) is 36.2 Å². The lowest BCUT2D eigenvalue weighted by atomic mass is 10.1. The number of para-hydroxylation sites is 1. The van der Waals surface area contributed by atoms with E-state index in [2.05, 4.69) is 10.3 Å². The molecule has 2 aromatic rings. The van der Waals surface area contributed by atoms with Gasteiger partial charge in [-0.3, -0.25) is 10.1 Å². The molecular formula is C23H27N5O3. The van der Waals surface area contributed by atoms with Crippen molar-refractivity contribution in [2.75, 3.05) is 40.4 Å². The Morgan fingerprint density at radius 3 is 2.39 bits per heavy atom. The predicted molar refractivity (Wildman–Crippen MR) is 118 cm³/mol. The van der Waals surface area contributed by atoms with E-state index in [1.807, 2.05) is 59.3 Å². The van der Waals surface area contributed by atoms with Crippen LogP contribution in [0.25, 0.3) is 0 Å². The highest BCUT2D eigenvalue weighted by Gasteiger charge is 2.23. The molecule has 3 rings (SSSR count). The summed E-state index contributed by atoms with van der Waals surface area (Å²) in [6.45, 7) is 4.29. The van der Waals surface area contributed by atoms with E-state index in [-0.39, 0.29) is 5.91 Å². The normalized spacial score (nSPS) is 14.1. The average molecular weight is 422 g/mol. The first kappa shape index (κ1) is 22.0. The van der Waals surface area contributed by atoms with Crippen LogP contribution in [0.1, 0.15) is 11.1 Å². The van der Waals surface area contributed by atoms with Crippen LogP contribution in [0.4, 0.5) is 5.69 Å². The summed E-state index contributed by atoms with van der Waals surface area (Å²) in [5.41, 5.74) is 2.72. The number of rotatable bonds is 5. The van der Waals surface area contributed by atoms with Crippen molar-refractivity contribution >= 4 is 17.6 Å². The van der Waals surface area contributed by atoms with Crippen molar-refractivity contribution in [2.24, 2.45) is 4.99 Å². The molecule has 0 aromatic heterocycles. The van der Waals surface area contributed by atoms with Crippen molar-refractivity contribution in [1.82, 2.24) is 15.1 Å². The van der Waals surface area contributed by atoms with Crippen LogP contribution in [0.3, 0.4) is 0 Å². The molecule has 0 atom stereocenters. The number of aliphatic imine (C=N–C) groups is 1. The smallest absolute Gasteiger partial charge is 0.227 e. The van der Waals surface area contributed by atoms with Gasteiger partial charge in [-0.1, -0.05) is 24.3 Å². The highest BCUT2D eigenvalue weighted by Crippen LogP contribution is 2.28. The lowest BCUT2D eigenvalue weighted by molar-refractivity contribution is -0.131. The summed E-state index contributed by atoms with van der Waals surface area (Å²) in [5.74, 6) is 1.80. The van der Waals surface area contributed by atoms with E-state index in [0.717, 1.165) is 16.8 Å². The summed E-state index contributed by atoms with van der Waals surface area (Å²) in [7, 11) is 3.16. The number of hydrogen-bond donors (Lipinski definition) is 1. The Morgan fingerprint density at radius 1 is 1.06 bits per heavy atom. The van der Waals surface area contributed by atoms with E-state index in [9.17, 15) is 4.79 Å². The second-order valence-corrected chi connectivity index (χ2v) is 7.19. The van der Waals surface area contributed by atoms with Gasteiger partial charge in [0.25, 0.3) is 0 Å². The summed E-state index contributed by atoms with van der Waals surface area (Å²) in [4.78, 5) is 21.3. The number of carbonyl (C=O) groups excluding carboxylic acids is 1. The monoisotopic (exact) mass is 421 g/mol. The fourth-order valence-corrected chi connectivity index (χ4v) is 3.48. The van der Waals surface area contributed by atoms with Gasteiger partial charge in [0.1, 0.15) is 0 Å². The molecule has 8 heteroatoms. The van der Waals surface area contributed by atoms with Crippen LogP contribution >= 0.6 is 0 Å². The third-order valence-electron chi connectivity index (χ3n) is 5.24. The van der Waals surface area contributed by atoms with Gasteiger partial charge in [-0.15, -0.1) is 0 Å². The van der Waals surface area contributed by atoms with Gasteiger partial charge in [0, 0.05) is 26.2 Å². The number of piperazine rings is 1. The van der Waals surface area contributed by atoms with Crippen LogP contribution in [0, 0.1) is 18.4 Å². The van der Waals surface area contributed by atoms with Gasteiger partial charge in [0.05, 0.1) is 26.3 Å². The van der Waals surface area contributed by atoms with Crippen LogP contribution in [0.2, 0.25) is 0 Å². The molecule has 0 bridgehead atoms. The van der Waals surface area contributed by atoms with Gasteiger partial charge in [-0.2, -0.15) is 5.26 Å². The largest absolute Gasteiger partial charge is 0.493 e. The van der Waals surface area contributed by atoms with Crippen molar-refractivity contribution in [2.45, 2.75) is 13.3 Å². The van der Waals surface area contributed by atoms with E-state index in [4.69, 9.17) is 14.7 Å². The first-order chi connectivity index (χ1) is 15.0. The van der Waals surface area contributed by atoms with E-state index in [1.54, 1.807) is 20.3 Å². The van der Waals surface area contributed by atoms with Crippen molar-refractivity contribution in [3.05, 3.63) is 53.6 Å². The molecule has 1 fully saturated rings. The average Bonchev–Trinajstić information content (AvgIpc) is 2.80. The summed E-state index contributed by atoms with van der Waals surface area (Å²) in [5, 5.41) is 11.8. The molecule has 0 unspecified atom stereocenters. The molecule has 0 radical (unpaired) electrons. The molecule has 1 amide bonds. The standard InChI is InChI=1S/C23H27N5O3/c1-17-6-4-5-7-19(17)26-23(25-16-24)28-12-10-27(11-13-28)22(29)15-18-8-9-20(30-2)21(14-18)31-3/h4-9,14H,10-13,15H2,1-3H3,(H,25,26). The van der Waals surface area contributed by atoms with E-state index in [1.165, 1.54) is 0 Å². The van der Waals surface area contributed by atoms with Crippen LogP contribution in [0.5, 0.6) is 11.5 Å². The molecule has 1 aliphatic rings. The Morgan fingerprint density at radius 2 is 1.74 bits per heavy atom. The Bertz CT molecular complexity index is 991. The zero-order valence-corrected chi connectivity index (χ0v) is 18.1. The number of aryl methyl sites for hydroxylation is 1. The number of methoxy groups -OCH3 is 2. The van der Waals surface area contributed by atoms with Crippen LogP contribution in [-0.2, 0) is 11.2 Å². The summed E-state index contributed by atoms with van der Waals surface area (Å²) < 4.78 is 10.6. The number of hydrogen-bond acceptors (Lipinski definition) is 5. The first-order valence-electron chi connectivity index (χ1n) is 10.1. The lowest BCUT2D eigenvalue weighted by Gasteiger charge is -2.36. The van der Waals surface area contributed by atoms with Crippen molar-refractivity contribution in [3.8, 4) is 17.7 Å². The third-order valence-corrected chi connectivity index (χ3v) is 5.24. The maximum Gasteiger partial charge on any atom is 0.227 e. The van der Waals surface area contributed by atoms with E-state index >= 15 is 0 Å². The molecule has 1 heterocycles. The molecule has 31 heavy (non-hydrogen) atoms. The summed E-state index contributed by atoms with van der Waals surface area (Å²) in [6.07, 6.45) is 2.26. The number of benzene rings is 2. The van der Waals surface area contributed by atoms with Crippen LogP contribution in [-0.4, -0.2) is 62.1 Å². The van der Waals surface area contributed by atoms with Crippen molar-refractivity contribution in [3.63, 3.8) is 0 Å². The molecule has 0 saturated carbocycles. The van der Waals surface area contributed by atoms with Crippen LogP contribution in [0.15, 0.2) is 47.5 Å². The molecule has 1 N–H and O–H groups in total. The molecule has 0 spiro atoms. The lowest BCUT2D eigenvalue weighted by Crippen LogP contribution is -2.53. The molecule has 1 aliphatic heterocycles. The third kappa shape index (κ3) is 5.45. The zero-order chi connectivity index (χ0) is 22.2. The molecule has 2 aromatic carbocycles. The second kappa shape index (κ2) is 10.3. The minimum absolute atomic E-state index is 0.0532. The molecule has 0 aliphatic carbocycles. The summed E-state index contributed by atoms with van der Waals surface area (Å²) >= 11 is 0. The number of ether oxygens (including phenoxy) is 2. The number of nitriles is 1. The number of amides is 1. The molecule has 162 valence electrons. The minimum atomic E-state index is 0.0532. The van der Waals surface area contributed by atoms with Gasteiger partial charge in [0.2, 0.25) is 11.9 Å². The Labute approximate surface area is 182 Å². The highest BCUT2D eigenvalue weighted by molar-refractivity contribution is 5.85. The number of carbonyl (C=O) groups is 1. The fraction of sp³-hybridized carbons (Fsp3) is 0.348. The molecule has 1 saturated heterocycles. The molecule has 8 nitrogen and oxygen atoms in total.